The maximum absolute atomic E-state index is 9.91. The van der Waals surface area contributed by atoms with Gasteiger partial charge in [0.05, 0.1) is 26.4 Å². The van der Waals surface area contributed by atoms with E-state index in [0.717, 1.165) is 22.7 Å². The molecule has 122 valence electrons. The number of imidazole rings is 1. The van der Waals surface area contributed by atoms with Gasteiger partial charge in [-0.2, -0.15) is 0 Å². The van der Waals surface area contributed by atoms with E-state index in [4.69, 9.17) is 14.2 Å². The molecular formula is C17H20N2O4. The number of aliphatic hydroxyl groups excluding tert-OH is 1. The molecule has 0 aliphatic carbocycles. The standard InChI is InChI=1S/C17H20N2O4/c1-10-7-11(3-4-14(10)21-2)17-18-5-6-19(17)12-8-22-16-13(20)9-23-15(12)16/h3-7,12-13,15-16,20H,8-9H2,1-2H3/t12-,13-,15-,16-/m1/s1. The van der Waals surface area contributed by atoms with Gasteiger partial charge in [-0.15, -0.1) is 0 Å². The number of ether oxygens (including phenoxy) is 3. The highest BCUT2D eigenvalue weighted by Gasteiger charge is 2.48. The number of aromatic nitrogens is 2. The molecule has 0 unspecified atom stereocenters. The monoisotopic (exact) mass is 316 g/mol. The van der Waals surface area contributed by atoms with Crippen molar-refractivity contribution in [2.45, 2.75) is 31.3 Å². The summed E-state index contributed by atoms with van der Waals surface area (Å²) in [6.07, 6.45) is 2.82. The molecule has 2 aliphatic heterocycles. The molecule has 0 spiro atoms. The number of fused-ring (bicyclic) bond motifs is 1. The van der Waals surface area contributed by atoms with Crippen molar-refractivity contribution in [1.29, 1.82) is 0 Å². The van der Waals surface area contributed by atoms with Crippen LogP contribution in [-0.4, -0.2) is 53.3 Å². The van der Waals surface area contributed by atoms with Gasteiger partial charge in [0, 0.05) is 18.0 Å². The first-order valence-corrected chi connectivity index (χ1v) is 7.78. The number of aliphatic hydroxyl groups is 1. The van der Waals surface area contributed by atoms with Crippen LogP contribution in [0.3, 0.4) is 0 Å². The first-order valence-electron chi connectivity index (χ1n) is 7.78. The van der Waals surface area contributed by atoms with Crippen LogP contribution in [0.15, 0.2) is 30.6 Å². The topological polar surface area (TPSA) is 65.7 Å². The van der Waals surface area contributed by atoms with Crippen LogP contribution in [0.1, 0.15) is 11.6 Å². The molecule has 1 N–H and O–H groups in total. The van der Waals surface area contributed by atoms with Gasteiger partial charge in [0.2, 0.25) is 0 Å². The fourth-order valence-corrected chi connectivity index (χ4v) is 3.52. The summed E-state index contributed by atoms with van der Waals surface area (Å²) in [4.78, 5) is 4.51. The van der Waals surface area contributed by atoms with Gasteiger partial charge in [-0.05, 0) is 30.7 Å². The molecule has 0 saturated carbocycles. The second kappa shape index (κ2) is 5.63. The molecule has 3 heterocycles. The number of methoxy groups -OCH3 is 1. The zero-order valence-corrected chi connectivity index (χ0v) is 13.2. The Morgan fingerprint density at radius 2 is 2.09 bits per heavy atom. The van der Waals surface area contributed by atoms with E-state index in [1.807, 2.05) is 25.3 Å². The van der Waals surface area contributed by atoms with Gasteiger partial charge >= 0.3 is 0 Å². The van der Waals surface area contributed by atoms with E-state index in [1.165, 1.54) is 0 Å². The summed E-state index contributed by atoms with van der Waals surface area (Å²) in [6.45, 7) is 2.86. The van der Waals surface area contributed by atoms with Gasteiger partial charge < -0.3 is 23.9 Å². The van der Waals surface area contributed by atoms with Crippen LogP contribution < -0.4 is 4.74 Å². The number of aryl methyl sites for hydroxylation is 1. The molecule has 2 aliphatic rings. The molecule has 4 atom stereocenters. The quantitative estimate of drug-likeness (QED) is 0.931. The Bertz CT molecular complexity index is 714. The second-order valence-corrected chi connectivity index (χ2v) is 6.07. The number of rotatable bonds is 3. The van der Waals surface area contributed by atoms with Gasteiger partial charge in [0.15, 0.2) is 0 Å². The highest BCUT2D eigenvalue weighted by molar-refractivity contribution is 5.59. The van der Waals surface area contributed by atoms with Gasteiger partial charge in [-0.3, -0.25) is 0 Å². The Hall–Kier alpha value is -1.89. The van der Waals surface area contributed by atoms with Crippen molar-refractivity contribution in [3.63, 3.8) is 0 Å². The molecule has 1 aromatic carbocycles. The maximum Gasteiger partial charge on any atom is 0.140 e. The Balaban J connectivity index is 1.68. The normalized spacial score (nSPS) is 29.7. The lowest BCUT2D eigenvalue weighted by molar-refractivity contribution is 0.0172. The Morgan fingerprint density at radius 3 is 2.87 bits per heavy atom. The van der Waals surface area contributed by atoms with E-state index in [2.05, 4.69) is 15.6 Å². The highest BCUT2D eigenvalue weighted by Crippen LogP contribution is 2.36. The fourth-order valence-electron chi connectivity index (χ4n) is 3.52. The fraction of sp³-hybridized carbons (Fsp3) is 0.471. The molecule has 6 heteroatoms. The Labute approximate surface area is 134 Å². The zero-order chi connectivity index (χ0) is 16.0. The summed E-state index contributed by atoms with van der Waals surface area (Å²) in [7, 11) is 1.67. The SMILES string of the molecule is COc1ccc(-c2nccn2[C@@H]2CO[C@H]3[C@@H]2OC[C@H]3O)cc1C. The number of hydrogen-bond acceptors (Lipinski definition) is 5. The van der Waals surface area contributed by atoms with Crippen LogP contribution >= 0.6 is 0 Å². The van der Waals surface area contributed by atoms with Crippen LogP contribution in [0, 0.1) is 6.92 Å². The average Bonchev–Trinajstić information content (AvgIpc) is 3.25. The van der Waals surface area contributed by atoms with Crippen molar-refractivity contribution in [2.24, 2.45) is 0 Å². The lowest BCUT2D eigenvalue weighted by atomic mass is 10.1. The minimum Gasteiger partial charge on any atom is -0.496 e. The largest absolute Gasteiger partial charge is 0.496 e. The van der Waals surface area contributed by atoms with Crippen molar-refractivity contribution in [3.8, 4) is 17.1 Å². The van der Waals surface area contributed by atoms with Crippen molar-refractivity contribution in [3.05, 3.63) is 36.2 Å². The van der Waals surface area contributed by atoms with Crippen LogP contribution in [0.25, 0.3) is 11.4 Å². The molecule has 23 heavy (non-hydrogen) atoms. The maximum atomic E-state index is 9.91. The predicted molar refractivity (Wildman–Crippen MR) is 83.5 cm³/mol. The van der Waals surface area contributed by atoms with Crippen LogP contribution in [0.5, 0.6) is 5.75 Å². The van der Waals surface area contributed by atoms with Gasteiger partial charge in [0.25, 0.3) is 0 Å². The molecule has 2 aromatic rings. The molecule has 6 nitrogen and oxygen atoms in total. The Kier molecular flexibility index (Phi) is 3.60. The van der Waals surface area contributed by atoms with Crippen LogP contribution in [-0.2, 0) is 9.47 Å². The second-order valence-electron chi connectivity index (χ2n) is 6.07. The van der Waals surface area contributed by atoms with Crippen LogP contribution in [0.2, 0.25) is 0 Å². The third kappa shape index (κ3) is 2.34. The molecule has 0 radical (unpaired) electrons. The zero-order valence-electron chi connectivity index (χ0n) is 13.2. The van der Waals surface area contributed by atoms with E-state index in [1.54, 1.807) is 13.3 Å². The molecule has 2 fully saturated rings. The van der Waals surface area contributed by atoms with E-state index < -0.39 is 6.10 Å². The number of hydrogen-bond donors (Lipinski definition) is 1. The predicted octanol–water partition coefficient (Wildman–Crippen LogP) is 1.57. The van der Waals surface area contributed by atoms with E-state index in [9.17, 15) is 5.11 Å². The van der Waals surface area contributed by atoms with E-state index in [0.29, 0.717) is 13.2 Å². The third-order valence-electron chi connectivity index (χ3n) is 4.68. The first kappa shape index (κ1) is 14.7. The molecule has 2 saturated heterocycles. The van der Waals surface area contributed by atoms with Crippen molar-refractivity contribution in [2.75, 3.05) is 20.3 Å². The molecule has 4 rings (SSSR count). The summed E-state index contributed by atoms with van der Waals surface area (Å²) in [5.74, 6) is 1.73. The molecular weight excluding hydrogens is 296 g/mol. The van der Waals surface area contributed by atoms with Crippen molar-refractivity contribution in [1.82, 2.24) is 9.55 Å². The van der Waals surface area contributed by atoms with E-state index in [-0.39, 0.29) is 18.2 Å². The minimum absolute atomic E-state index is 0.0251. The summed E-state index contributed by atoms with van der Waals surface area (Å²) in [5, 5.41) is 9.91. The number of benzene rings is 1. The van der Waals surface area contributed by atoms with Crippen molar-refractivity contribution >= 4 is 0 Å². The molecule has 1 aromatic heterocycles. The van der Waals surface area contributed by atoms with Gasteiger partial charge in [-0.1, -0.05) is 0 Å². The van der Waals surface area contributed by atoms with Gasteiger partial charge in [0.1, 0.15) is 29.9 Å². The summed E-state index contributed by atoms with van der Waals surface area (Å²) < 4.78 is 18.9. The molecule has 0 bridgehead atoms. The van der Waals surface area contributed by atoms with E-state index >= 15 is 0 Å². The average molecular weight is 316 g/mol. The van der Waals surface area contributed by atoms with Crippen LogP contribution in [0.4, 0.5) is 0 Å². The third-order valence-corrected chi connectivity index (χ3v) is 4.68. The van der Waals surface area contributed by atoms with Gasteiger partial charge in [-0.25, -0.2) is 4.98 Å². The summed E-state index contributed by atoms with van der Waals surface area (Å²) in [5.41, 5.74) is 2.09. The summed E-state index contributed by atoms with van der Waals surface area (Å²) in [6, 6.07) is 6.04. The first-order chi connectivity index (χ1) is 11.2. The minimum atomic E-state index is -0.541. The lowest BCUT2D eigenvalue weighted by Gasteiger charge is -2.20. The lowest BCUT2D eigenvalue weighted by Crippen LogP contribution is -2.30. The summed E-state index contributed by atoms with van der Waals surface area (Å²) >= 11 is 0. The Morgan fingerprint density at radius 1 is 1.26 bits per heavy atom. The molecule has 0 amide bonds. The smallest absolute Gasteiger partial charge is 0.140 e. The number of nitrogens with zero attached hydrogens (tertiary/aromatic N) is 2. The highest BCUT2D eigenvalue weighted by atomic mass is 16.6. The van der Waals surface area contributed by atoms with Crippen molar-refractivity contribution < 1.29 is 19.3 Å².